The van der Waals surface area contributed by atoms with Crippen LogP contribution in [0.15, 0.2) is 24.7 Å². The molecule has 0 unspecified atom stereocenters. The first-order valence-electron chi connectivity index (χ1n) is 11.1. The summed E-state index contributed by atoms with van der Waals surface area (Å²) in [5, 5.41) is 19.0. The molecule has 8 nitrogen and oxygen atoms in total. The highest BCUT2D eigenvalue weighted by Gasteiger charge is 2.30. The number of aliphatic hydroxyl groups excluding tert-OH is 1. The van der Waals surface area contributed by atoms with Gasteiger partial charge in [-0.2, -0.15) is 5.10 Å². The summed E-state index contributed by atoms with van der Waals surface area (Å²) in [6.45, 7) is 7.42. The summed E-state index contributed by atoms with van der Waals surface area (Å²) in [5.41, 5.74) is 2.10. The first-order chi connectivity index (χ1) is 15.5. The molecule has 0 bridgehead atoms. The smallest absolute Gasteiger partial charge is 0.199 e. The normalized spacial score (nSPS) is 18.4. The Bertz CT molecular complexity index is 1250. The van der Waals surface area contributed by atoms with E-state index in [1.807, 2.05) is 28.7 Å². The highest BCUT2D eigenvalue weighted by Crippen LogP contribution is 2.41. The molecule has 1 aliphatic rings. The SMILES string of the molecule is Cc1c(-c2ccn(C(C)C)n2)sc2nc(-c3nccn3C)nc(NC[C@@H]3CC[C@H]3CO)c12. The minimum atomic E-state index is 0.254. The topological polar surface area (TPSA) is 93.7 Å². The molecule has 4 aromatic rings. The lowest BCUT2D eigenvalue weighted by atomic mass is 9.74. The number of hydrogen-bond donors (Lipinski definition) is 2. The third-order valence-electron chi connectivity index (χ3n) is 6.52. The number of nitrogens with zero attached hydrogens (tertiary/aromatic N) is 6. The summed E-state index contributed by atoms with van der Waals surface area (Å²) in [5.74, 6) is 3.04. The van der Waals surface area contributed by atoms with Crippen LogP contribution in [0.1, 0.15) is 38.3 Å². The Morgan fingerprint density at radius 2 is 2.03 bits per heavy atom. The second-order valence-corrected chi connectivity index (χ2v) is 9.93. The van der Waals surface area contributed by atoms with Crippen molar-refractivity contribution in [1.82, 2.24) is 29.3 Å². The van der Waals surface area contributed by atoms with Crippen LogP contribution >= 0.6 is 11.3 Å². The van der Waals surface area contributed by atoms with E-state index in [1.54, 1.807) is 17.5 Å². The van der Waals surface area contributed by atoms with Gasteiger partial charge in [-0.25, -0.2) is 15.0 Å². The first kappa shape index (κ1) is 21.1. The fourth-order valence-electron chi connectivity index (χ4n) is 4.31. The maximum Gasteiger partial charge on any atom is 0.199 e. The fraction of sp³-hybridized carbons (Fsp3) is 0.478. The molecule has 9 heteroatoms. The molecule has 32 heavy (non-hydrogen) atoms. The van der Waals surface area contributed by atoms with Gasteiger partial charge in [-0.05, 0) is 57.1 Å². The van der Waals surface area contributed by atoms with Crippen molar-refractivity contribution in [2.75, 3.05) is 18.5 Å². The average molecular weight is 452 g/mol. The number of hydrogen-bond acceptors (Lipinski definition) is 7. The van der Waals surface area contributed by atoms with Gasteiger partial charge in [0.25, 0.3) is 0 Å². The lowest BCUT2D eigenvalue weighted by Gasteiger charge is -2.35. The van der Waals surface area contributed by atoms with E-state index in [2.05, 4.69) is 37.1 Å². The molecule has 1 saturated carbocycles. The number of anilines is 1. The molecule has 0 amide bonds. The van der Waals surface area contributed by atoms with Gasteiger partial charge in [0.15, 0.2) is 11.6 Å². The van der Waals surface area contributed by atoms with Crippen LogP contribution in [0, 0.1) is 18.8 Å². The maximum absolute atomic E-state index is 9.57. The monoisotopic (exact) mass is 451 g/mol. The zero-order valence-corrected chi connectivity index (χ0v) is 19.7. The van der Waals surface area contributed by atoms with E-state index in [0.717, 1.165) is 57.4 Å². The van der Waals surface area contributed by atoms with Crippen LogP contribution < -0.4 is 5.32 Å². The van der Waals surface area contributed by atoms with Crippen LogP contribution in [-0.2, 0) is 7.05 Å². The third-order valence-corrected chi connectivity index (χ3v) is 7.73. The van der Waals surface area contributed by atoms with Crippen molar-refractivity contribution in [2.24, 2.45) is 18.9 Å². The van der Waals surface area contributed by atoms with Crippen LogP contribution in [-0.4, -0.2) is 47.6 Å². The van der Waals surface area contributed by atoms with Crippen LogP contribution in [0.3, 0.4) is 0 Å². The number of aryl methyl sites for hydroxylation is 2. The van der Waals surface area contributed by atoms with Crippen molar-refractivity contribution >= 4 is 27.4 Å². The van der Waals surface area contributed by atoms with Gasteiger partial charge in [0.05, 0.1) is 10.3 Å². The average Bonchev–Trinajstić information content (AvgIpc) is 3.46. The van der Waals surface area contributed by atoms with Gasteiger partial charge in [-0.15, -0.1) is 11.3 Å². The molecule has 0 spiro atoms. The number of aliphatic hydroxyl groups is 1. The van der Waals surface area contributed by atoms with E-state index >= 15 is 0 Å². The van der Waals surface area contributed by atoms with Crippen molar-refractivity contribution in [2.45, 2.75) is 39.7 Å². The molecule has 0 radical (unpaired) electrons. The highest BCUT2D eigenvalue weighted by molar-refractivity contribution is 7.22. The van der Waals surface area contributed by atoms with Gasteiger partial charge < -0.3 is 15.0 Å². The van der Waals surface area contributed by atoms with Gasteiger partial charge in [0.2, 0.25) is 0 Å². The minimum Gasteiger partial charge on any atom is -0.396 e. The Kier molecular flexibility index (Phi) is 5.46. The molecule has 2 N–H and O–H groups in total. The summed E-state index contributed by atoms with van der Waals surface area (Å²) in [6, 6.07) is 2.38. The molecule has 5 rings (SSSR count). The quantitative estimate of drug-likeness (QED) is 0.436. The second-order valence-electron chi connectivity index (χ2n) is 8.93. The van der Waals surface area contributed by atoms with E-state index < -0.39 is 0 Å². The number of fused-ring (bicyclic) bond motifs is 1. The summed E-state index contributed by atoms with van der Waals surface area (Å²) < 4.78 is 3.92. The molecular formula is C23H29N7OS. The molecule has 0 saturated heterocycles. The number of thiophene rings is 1. The van der Waals surface area contributed by atoms with E-state index in [0.29, 0.717) is 23.7 Å². The fourth-order valence-corrected chi connectivity index (χ4v) is 5.46. The van der Waals surface area contributed by atoms with Crippen molar-refractivity contribution in [3.05, 3.63) is 30.2 Å². The minimum absolute atomic E-state index is 0.254. The van der Waals surface area contributed by atoms with Crippen molar-refractivity contribution < 1.29 is 5.11 Å². The Balaban J connectivity index is 1.59. The Morgan fingerprint density at radius 1 is 1.22 bits per heavy atom. The third kappa shape index (κ3) is 3.59. The first-order valence-corrected chi connectivity index (χ1v) is 12.0. The predicted octanol–water partition coefficient (Wildman–Crippen LogP) is 4.28. The zero-order valence-electron chi connectivity index (χ0n) is 18.9. The van der Waals surface area contributed by atoms with E-state index in [-0.39, 0.29) is 6.61 Å². The molecule has 4 aromatic heterocycles. The Hall–Kier alpha value is -2.78. The molecular weight excluding hydrogens is 422 g/mol. The maximum atomic E-state index is 9.57. The van der Waals surface area contributed by atoms with Crippen molar-refractivity contribution in [3.8, 4) is 22.2 Å². The van der Waals surface area contributed by atoms with Gasteiger partial charge in [0.1, 0.15) is 16.3 Å². The number of aromatic nitrogens is 6. The van der Waals surface area contributed by atoms with E-state index in [4.69, 9.17) is 15.1 Å². The Labute approximate surface area is 191 Å². The van der Waals surface area contributed by atoms with Crippen molar-refractivity contribution in [3.63, 3.8) is 0 Å². The molecule has 168 valence electrons. The van der Waals surface area contributed by atoms with Crippen molar-refractivity contribution in [1.29, 1.82) is 0 Å². The summed E-state index contributed by atoms with van der Waals surface area (Å²) in [6.07, 6.45) is 7.93. The standard InChI is InChI=1S/C23H29N7OS/c1-13(2)30-9-7-17(28-30)19-14(3)18-20(25-11-15-5-6-16(15)12-31)26-21(27-23(18)32-19)22-24-8-10-29(22)4/h7-10,13,15-16,31H,5-6,11-12H2,1-4H3,(H,25,26,27)/t15-,16-/m0/s1. The van der Waals surface area contributed by atoms with Crippen LogP contribution in [0.2, 0.25) is 0 Å². The molecule has 1 aliphatic carbocycles. The van der Waals surface area contributed by atoms with E-state index in [9.17, 15) is 5.11 Å². The summed E-state index contributed by atoms with van der Waals surface area (Å²) in [7, 11) is 1.95. The Morgan fingerprint density at radius 3 is 2.66 bits per heavy atom. The number of nitrogens with one attached hydrogen (secondary N) is 1. The second kappa shape index (κ2) is 8.29. The lowest BCUT2D eigenvalue weighted by Crippen LogP contribution is -2.34. The lowest BCUT2D eigenvalue weighted by molar-refractivity contribution is 0.0989. The largest absolute Gasteiger partial charge is 0.396 e. The molecule has 4 heterocycles. The molecule has 0 aromatic carbocycles. The van der Waals surface area contributed by atoms with E-state index in [1.165, 1.54) is 0 Å². The van der Waals surface area contributed by atoms with Crippen LogP contribution in [0.25, 0.3) is 32.4 Å². The highest BCUT2D eigenvalue weighted by atomic mass is 32.1. The van der Waals surface area contributed by atoms with Gasteiger partial charge in [-0.1, -0.05) is 0 Å². The predicted molar refractivity (Wildman–Crippen MR) is 128 cm³/mol. The molecule has 2 atom stereocenters. The van der Waals surface area contributed by atoms with Gasteiger partial charge >= 0.3 is 0 Å². The number of imidazole rings is 1. The summed E-state index contributed by atoms with van der Waals surface area (Å²) >= 11 is 1.65. The number of rotatable bonds is 7. The zero-order chi connectivity index (χ0) is 22.4. The van der Waals surface area contributed by atoms with Crippen LogP contribution in [0.4, 0.5) is 5.82 Å². The molecule has 0 aliphatic heterocycles. The summed E-state index contributed by atoms with van der Waals surface area (Å²) in [4.78, 5) is 16.3. The van der Waals surface area contributed by atoms with Crippen LogP contribution in [0.5, 0.6) is 0 Å². The molecule has 1 fully saturated rings. The van der Waals surface area contributed by atoms with Gasteiger partial charge in [-0.3, -0.25) is 4.68 Å². The van der Waals surface area contributed by atoms with Gasteiger partial charge in [0, 0.05) is 44.8 Å².